The molecule has 0 radical (unpaired) electrons. The Labute approximate surface area is 258 Å². The zero-order chi connectivity index (χ0) is 30.4. The molecule has 1 saturated heterocycles. The van der Waals surface area contributed by atoms with Crippen molar-refractivity contribution in [3.05, 3.63) is 173 Å². The lowest BCUT2D eigenvalue weighted by Gasteiger charge is -2.36. The summed E-state index contributed by atoms with van der Waals surface area (Å²) in [6.07, 6.45) is -0.508. The predicted octanol–water partition coefficient (Wildman–Crippen LogP) is 7.26. The molecule has 0 unspecified atom stereocenters. The molecule has 5 heteroatoms. The average molecular weight is 585 g/mol. The van der Waals surface area contributed by atoms with Gasteiger partial charge in [-0.1, -0.05) is 133 Å². The molecule has 0 spiro atoms. The van der Waals surface area contributed by atoms with Crippen molar-refractivity contribution in [2.45, 2.75) is 30.7 Å². The van der Waals surface area contributed by atoms with Crippen LogP contribution in [0.1, 0.15) is 45.9 Å². The third-order valence-electron chi connectivity index (χ3n) is 8.40. The van der Waals surface area contributed by atoms with E-state index in [1.54, 1.807) is 7.11 Å². The van der Waals surface area contributed by atoms with Crippen molar-refractivity contribution in [3.8, 4) is 5.75 Å². The molecule has 0 aliphatic carbocycles. The quantitative estimate of drug-likeness (QED) is 0.131. The van der Waals surface area contributed by atoms with E-state index in [1.165, 1.54) is 5.56 Å². The highest BCUT2D eigenvalue weighted by Crippen LogP contribution is 2.42. The number of aliphatic hydroxyl groups is 1. The number of cyclic esters (lactones) is 1. The molecule has 3 atom stereocenters. The van der Waals surface area contributed by atoms with E-state index in [4.69, 9.17) is 14.2 Å². The second-order valence-corrected chi connectivity index (χ2v) is 11.2. The third-order valence-corrected chi connectivity index (χ3v) is 8.40. The van der Waals surface area contributed by atoms with E-state index < -0.39 is 29.7 Å². The van der Waals surface area contributed by atoms with Crippen LogP contribution in [0.2, 0.25) is 0 Å². The number of hydrogen-bond donors (Lipinski definition) is 1. The Morgan fingerprint density at radius 2 is 1.30 bits per heavy atom. The SMILES string of the molecule is COc1cc([C@@H](O)[C@@H]2C[C@@H](COC(c3ccccc3)(c3ccccc3)c3ccccc3)OC2=O)ccc1Cc1ccccc1. The average Bonchev–Trinajstić information content (AvgIpc) is 3.47. The summed E-state index contributed by atoms with van der Waals surface area (Å²) in [5.41, 5.74) is 4.79. The van der Waals surface area contributed by atoms with E-state index in [1.807, 2.05) is 91.0 Å². The van der Waals surface area contributed by atoms with Crippen molar-refractivity contribution in [2.75, 3.05) is 13.7 Å². The number of rotatable bonds is 11. The number of carbonyl (C=O) groups excluding carboxylic acids is 1. The van der Waals surface area contributed by atoms with Gasteiger partial charge in [-0.2, -0.15) is 0 Å². The molecule has 1 fully saturated rings. The second-order valence-electron chi connectivity index (χ2n) is 11.2. The first-order valence-corrected chi connectivity index (χ1v) is 15.0. The van der Waals surface area contributed by atoms with Crippen LogP contribution in [-0.4, -0.2) is 30.9 Å². The zero-order valence-electron chi connectivity index (χ0n) is 24.7. The number of esters is 1. The number of carbonyl (C=O) groups is 1. The minimum atomic E-state index is -1.03. The smallest absolute Gasteiger partial charge is 0.312 e. The van der Waals surface area contributed by atoms with Gasteiger partial charge >= 0.3 is 5.97 Å². The highest BCUT2D eigenvalue weighted by molar-refractivity contribution is 5.75. The minimum absolute atomic E-state index is 0.160. The molecule has 1 aliphatic rings. The molecular formula is C39H36O5. The molecular weight excluding hydrogens is 548 g/mol. The Morgan fingerprint density at radius 3 is 1.82 bits per heavy atom. The molecule has 1 aliphatic heterocycles. The monoisotopic (exact) mass is 584 g/mol. The summed E-state index contributed by atoms with van der Waals surface area (Å²) in [7, 11) is 1.62. The summed E-state index contributed by atoms with van der Waals surface area (Å²) in [6.45, 7) is 0.160. The number of aliphatic hydroxyl groups excluding tert-OH is 1. The predicted molar refractivity (Wildman–Crippen MR) is 170 cm³/mol. The maximum absolute atomic E-state index is 13.1. The number of benzene rings is 5. The van der Waals surface area contributed by atoms with Crippen LogP contribution in [-0.2, 0) is 26.3 Å². The van der Waals surface area contributed by atoms with Gasteiger partial charge in [-0.3, -0.25) is 4.79 Å². The zero-order valence-corrected chi connectivity index (χ0v) is 24.7. The maximum Gasteiger partial charge on any atom is 0.312 e. The Hall–Kier alpha value is -4.71. The van der Waals surface area contributed by atoms with E-state index in [9.17, 15) is 9.90 Å². The van der Waals surface area contributed by atoms with E-state index in [0.29, 0.717) is 24.2 Å². The molecule has 44 heavy (non-hydrogen) atoms. The highest BCUT2D eigenvalue weighted by Gasteiger charge is 2.43. The van der Waals surface area contributed by atoms with Crippen LogP contribution in [0.15, 0.2) is 140 Å². The van der Waals surface area contributed by atoms with Gasteiger partial charge in [-0.25, -0.2) is 0 Å². The molecule has 5 aromatic carbocycles. The van der Waals surface area contributed by atoms with Gasteiger partial charge in [0.25, 0.3) is 0 Å². The molecule has 0 amide bonds. The van der Waals surface area contributed by atoms with Crippen molar-refractivity contribution in [2.24, 2.45) is 5.92 Å². The van der Waals surface area contributed by atoms with Crippen LogP contribution in [0.25, 0.3) is 0 Å². The van der Waals surface area contributed by atoms with E-state index in [2.05, 4.69) is 48.5 Å². The summed E-state index contributed by atoms with van der Waals surface area (Å²) in [5, 5.41) is 11.4. The summed E-state index contributed by atoms with van der Waals surface area (Å²) in [4.78, 5) is 13.1. The van der Waals surface area contributed by atoms with Crippen LogP contribution >= 0.6 is 0 Å². The molecule has 5 nitrogen and oxygen atoms in total. The van der Waals surface area contributed by atoms with Crippen molar-refractivity contribution in [1.29, 1.82) is 0 Å². The molecule has 0 bridgehead atoms. The van der Waals surface area contributed by atoms with E-state index >= 15 is 0 Å². The summed E-state index contributed by atoms with van der Waals surface area (Å²) < 4.78 is 18.4. The van der Waals surface area contributed by atoms with Gasteiger partial charge in [0.15, 0.2) is 0 Å². The van der Waals surface area contributed by atoms with Crippen molar-refractivity contribution < 1.29 is 24.1 Å². The van der Waals surface area contributed by atoms with Crippen molar-refractivity contribution in [3.63, 3.8) is 0 Å². The van der Waals surface area contributed by atoms with Gasteiger partial charge in [0, 0.05) is 12.8 Å². The summed E-state index contributed by atoms with van der Waals surface area (Å²) in [5.74, 6) is -0.467. The molecule has 0 aromatic heterocycles. The number of hydrogen-bond acceptors (Lipinski definition) is 5. The van der Waals surface area contributed by atoms with Gasteiger partial charge in [0.05, 0.1) is 25.7 Å². The van der Waals surface area contributed by atoms with Gasteiger partial charge < -0.3 is 19.3 Å². The van der Waals surface area contributed by atoms with Gasteiger partial charge in [0.1, 0.15) is 17.5 Å². The molecule has 0 saturated carbocycles. The normalized spacial score (nSPS) is 17.2. The fourth-order valence-electron chi connectivity index (χ4n) is 6.16. The van der Waals surface area contributed by atoms with Crippen LogP contribution in [0.3, 0.4) is 0 Å². The van der Waals surface area contributed by atoms with Gasteiger partial charge in [0.2, 0.25) is 0 Å². The molecule has 1 heterocycles. The fourth-order valence-corrected chi connectivity index (χ4v) is 6.16. The van der Waals surface area contributed by atoms with Crippen LogP contribution in [0.5, 0.6) is 5.75 Å². The van der Waals surface area contributed by atoms with Gasteiger partial charge in [-0.05, 0) is 39.4 Å². The summed E-state index contributed by atoms with van der Waals surface area (Å²) in [6, 6.07) is 46.1. The second kappa shape index (κ2) is 13.3. The Kier molecular flexibility index (Phi) is 8.87. The van der Waals surface area contributed by atoms with E-state index in [-0.39, 0.29) is 6.61 Å². The number of methoxy groups -OCH3 is 1. The highest BCUT2D eigenvalue weighted by atomic mass is 16.6. The first kappa shape index (κ1) is 29.4. The summed E-state index contributed by atoms with van der Waals surface area (Å²) >= 11 is 0. The first-order valence-electron chi connectivity index (χ1n) is 15.0. The van der Waals surface area contributed by atoms with Crippen LogP contribution in [0.4, 0.5) is 0 Å². The standard InChI is InChI=1S/C39H36O5/c1-42-36-25-30(23-22-29(36)24-28-14-6-2-7-15-28)37(40)35-26-34(44-38(35)41)27-43-39(31-16-8-3-9-17-31,32-18-10-4-11-19-32)33-20-12-5-13-21-33/h2-23,25,34-35,37,40H,24,26-27H2,1H3/t34-,35-,37+/m0/s1. The topological polar surface area (TPSA) is 65.0 Å². The van der Waals surface area contributed by atoms with Gasteiger partial charge in [-0.15, -0.1) is 0 Å². The van der Waals surface area contributed by atoms with Crippen molar-refractivity contribution in [1.82, 2.24) is 0 Å². The van der Waals surface area contributed by atoms with Crippen LogP contribution in [0, 0.1) is 5.92 Å². The van der Waals surface area contributed by atoms with Crippen molar-refractivity contribution >= 4 is 5.97 Å². The molecule has 1 N–H and O–H groups in total. The Morgan fingerprint density at radius 1 is 0.773 bits per heavy atom. The maximum atomic E-state index is 13.1. The lowest BCUT2D eigenvalue weighted by molar-refractivity contribution is -0.149. The number of ether oxygens (including phenoxy) is 3. The fraction of sp³-hybridized carbons (Fsp3) is 0.205. The first-order chi connectivity index (χ1) is 21.6. The molecule has 6 rings (SSSR count). The third kappa shape index (κ3) is 6.02. The van der Waals surface area contributed by atoms with E-state index in [0.717, 1.165) is 22.3 Å². The van der Waals surface area contributed by atoms with Crippen LogP contribution < -0.4 is 4.74 Å². The lowest BCUT2D eigenvalue weighted by atomic mass is 9.80. The minimum Gasteiger partial charge on any atom is -0.496 e. The molecule has 5 aromatic rings. The molecule has 222 valence electrons. The lowest BCUT2D eigenvalue weighted by Crippen LogP contribution is -2.35. The Bertz CT molecular complexity index is 1560. The largest absolute Gasteiger partial charge is 0.496 e. The Balaban J connectivity index is 1.23.